The first-order chi connectivity index (χ1) is 11.1. The predicted octanol–water partition coefficient (Wildman–Crippen LogP) is 3.81. The highest BCUT2D eigenvalue weighted by molar-refractivity contribution is 6.30. The van der Waals surface area contributed by atoms with Crippen LogP contribution in [0.25, 0.3) is 6.08 Å². The highest BCUT2D eigenvalue weighted by Crippen LogP contribution is 2.19. The van der Waals surface area contributed by atoms with E-state index in [1.165, 1.54) is 13.2 Å². The largest absolute Gasteiger partial charge is 0.466 e. The molecule has 0 spiro atoms. The molecule has 0 saturated carbocycles. The lowest BCUT2D eigenvalue weighted by Gasteiger charge is -2.14. The Labute approximate surface area is 139 Å². The number of methoxy groups -OCH3 is 1. The van der Waals surface area contributed by atoms with Crippen LogP contribution in [0.15, 0.2) is 60.7 Å². The van der Waals surface area contributed by atoms with Crippen molar-refractivity contribution < 1.29 is 19.1 Å². The quantitative estimate of drug-likeness (QED) is 0.618. The zero-order valence-electron chi connectivity index (χ0n) is 12.4. The van der Waals surface area contributed by atoms with Gasteiger partial charge in [-0.25, -0.2) is 9.59 Å². The van der Waals surface area contributed by atoms with Crippen LogP contribution in [-0.4, -0.2) is 19.0 Å². The Morgan fingerprint density at radius 2 is 1.83 bits per heavy atom. The van der Waals surface area contributed by atoms with Crippen LogP contribution in [0.2, 0.25) is 5.02 Å². The van der Waals surface area contributed by atoms with Gasteiger partial charge in [0.1, 0.15) is 0 Å². The first-order valence-electron chi connectivity index (χ1n) is 6.87. The van der Waals surface area contributed by atoms with E-state index in [0.717, 1.165) is 5.56 Å². The molecule has 118 valence electrons. The molecule has 4 nitrogen and oxygen atoms in total. The average Bonchev–Trinajstić information content (AvgIpc) is 2.58. The molecule has 1 atom stereocenters. The van der Waals surface area contributed by atoms with Crippen LogP contribution < -0.4 is 0 Å². The van der Waals surface area contributed by atoms with Crippen molar-refractivity contribution in [1.82, 2.24) is 0 Å². The van der Waals surface area contributed by atoms with Crippen LogP contribution in [0.5, 0.6) is 0 Å². The summed E-state index contributed by atoms with van der Waals surface area (Å²) in [6.45, 7) is 0. The molecule has 0 radical (unpaired) electrons. The topological polar surface area (TPSA) is 52.6 Å². The van der Waals surface area contributed by atoms with E-state index < -0.39 is 18.0 Å². The molecule has 0 aromatic heterocycles. The van der Waals surface area contributed by atoms with Gasteiger partial charge in [0.2, 0.25) is 6.10 Å². The summed E-state index contributed by atoms with van der Waals surface area (Å²) in [7, 11) is 1.24. The molecule has 0 aliphatic carbocycles. The highest BCUT2D eigenvalue weighted by atomic mass is 35.5. The standard InChI is InChI=1S/C18H15ClO4/c1-22-18(21)17(14-7-3-2-4-8-14)23-16(20)11-10-13-6-5-9-15(19)12-13/h2-12,17H,1H3/b11-10+. The van der Waals surface area contributed by atoms with E-state index in [0.29, 0.717) is 10.6 Å². The van der Waals surface area contributed by atoms with Crippen LogP contribution in [0.3, 0.4) is 0 Å². The number of hydrogen-bond donors (Lipinski definition) is 0. The minimum absolute atomic E-state index is 0.545. The summed E-state index contributed by atoms with van der Waals surface area (Å²) in [5, 5.41) is 0.567. The summed E-state index contributed by atoms with van der Waals surface area (Å²) in [5.74, 6) is -1.29. The number of ether oxygens (including phenoxy) is 2. The van der Waals surface area contributed by atoms with E-state index in [1.807, 2.05) is 0 Å². The van der Waals surface area contributed by atoms with Crippen molar-refractivity contribution in [1.29, 1.82) is 0 Å². The van der Waals surface area contributed by atoms with Crippen molar-refractivity contribution in [2.24, 2.45) is 0 Å². The Morgan fingerprint density at radius 1 is 1.09 bits per heavy atom. The fourth-order valence-corrected chi connectivity index (χ4v) is 2.12. The monoisotopic (exact) mass is 330 g/mol. The number of rotatable bonds is 5. The highest BCUT2D eigenvalue weighted by Gasteiger charge is 2.24. The third-order valence-corrected chi connectivity index (χ3v) is 3.25. The minimum Gasteiger partial charge on any atom is -0.466 e. The van der Waals surface area contributed by atoms with Crippen molar-refractivity contribution in [3.63, 3.8) is 0 Å². The number of benzene rings is 2. The molecular formula is C18H15ClO4. The maximum absolute atomic E-state index is 12.0. The van der Waals surface area contributed by atoms with Crippen molar-refractivity contribution >= 4 is 29.6 Å². The zero-order valence-corrected chi connectivity index (χ0v) is 13.2. The predicted molar refractivity (Wildman–Crippen MR) is 87.8 cm³/mol. The van der Waals surface area contributed by atoms with Gasteiger partial charge >= 0.3 is 11.9 Å². The number of hydrogen-bond acceptors (Lipinski definition) is 4. The summed E-state index contributed by atoms with van der Waals surface area (Å²) in [6, 6.07) is 15.7. The first-order valence-corrected chi connectivity index (χ1v) is 7.25. The van der Waals surface area contributed by atoms with E-state index in [4.69, 9.17) is 16.3 Å². The Bertz CT molecular complexity index is 710. The molecule has 0 heterocycles. The second kappa shape index (κ2) is 8.15. The molecule has 0 aliphatic rings. The van der Waals surface area contributed by atoms with E-state index in [1.54, 1.807) is 60.7 Å². The number of carbonyl (C=O) groups excluding carboxylic acids is 2. The van der Waals surface area contributed by atoms with Crippen LogP contribution >= 0.6 is 11.6 Å². The summed E-state index contributed by atoms with van der Waals surface area (Å²) in [6.07, 6.45) is 1.70. The molecule has 2 aromatic rings. The molecule has 0 saturated heterocycles. The smallest absolute Gasteiger partial charge is 0.351 e. The molecule has 0 bridgehead atoms. The normalized spacial score (nSPS) is 11.9. The number of esters is 2. The fourth-order valence-electron chi connectivity index (χ4n) is 1.92. The summed E-state index contributed by atoms with van der Waals surface area (Å²) in [5.41, 5.74) is 1.30. The Kier molecular flexibility index (Phi) is 5.94. The van der Waals surface area contributed by atoms with Gasteiger partial charge in [0.25, 0.3) is 0 Å². The average molecular weight is 331 g/mol. The van der Waals surface area contributed by atoms with Gasteiger partial charge in [-0.1, -0.05) is 54.1 Å². The second-order valence-electron chi connectivity index (χ2n) is 4.64. The summed E-state index contributed by atoms with van der Waals surface area (Å²) >= 11 is 5.87. The SMILES string of the molecule is COC(=O)C(OC(=O)/C=C/c1cccc(Cl)c1)c1ccccc1. The minimum atomic E-state index is -1.10. The number of carbonyl (C=O) groups is 2. The van der Waals surface area contributed by atoms with Crippen molar-refractivity contribution in [3.8, 4) is 0 Å². The van der Waals surface area contributed by atoms with Gasteiger partial charge in [-0.3, -0.25) is 0 Å². The van der Waals surface area contributed by atoms with Crippen molar-refractivity contribution in [2.75, 3.05) is 7.11 Å². The maximum atomic E-state index is 12.0. The van der Waals surface area contributed by atoms with Gasteiger partial charge in [0, 0.05) is 16.7 Å². The Hall–Kier alpha value is -2.59. The molecule has 5 heteroatoms. The molecule has 0 N–H and O–H groups in total. The lowest BCUT2D eigenvalue weighted by atomic mass is 10.1. The number of halogens is 1. The lowest BCUT2D eigenvalue weighted by Crippen LogP contribution is -2.20. The Morgan fingerprint density at radius 3 is 2.48 bits per heavy atom. The van der Waals surface area contributed by atoms with Crippen LogP contribution in [-0.2, 0) is 19.1 Å². The first kappa shape index (κ1) is 16.8. The molecule has 0 amide bonds. The molecule has 0 fully saturated rings. The second-order valence-corrected chi connectivity index (χ2v) is 5.08. The third-order valence-electron chi connectivity index (χ3n) is 3.01. The molecule has 23 heavy (non-hydrogen) atoms. The molecule has 2 aromatic carbocycles. The van der Waals surface area contributed by atoms with Gasteiger partial charge in [-0.05, 0) is 23.8 Å². The summed E-state index contributed by atoms with van der Waals surface area (Å²) < 4.78 is 9.90. The molecular weight excluding hydrogens is 316 g/mol. The lowest BCUT2D eigenvalue weighted by molar-refractivity contribution is -0.163. The maximum Gasteiger partial charge on any atom is 0.351 e. The molecule has 0 aliphatic heterocycles. The van der Waals surface area contributed by atoms with Gasteiger partial charge in [-0.2, -0.15) is 0 Å². The fraction of sp³-hybridized carbons (Fsp3) is 0.111. The van der Waals surface area contributed by atoms with Gasteiger partial charge in [0.15, 0.2) is 0 Å². The van der Waals surface area contributed by atoms with E-state index in [9.17, 15) is 9.59 Å². The van der Waals surface area contributed by atoms with E-state index in [2.05, 4.69) is 4.74 Å². The van der Waals surface area contributed by atoms with E-state index >= 15 is 0 Å². The zero-order chi connectivity index (χ0) is 16.7. The van der Waals surface area contributed by atoms with Gasteiger partial charge in [0.05, 0.1) is 7.11 Å². The summed E-state index contributed by atoms with van der Waals surface area (Å²) in [4.78, 5) is 23.8. The van der Waals surface area contributed by atoms with E-state index in [-0.39, 0.29) is 0 Å². The van der Waals surface area contributed by atoms with Gasteiger partial charge < -0.3 is 9.47 Å². The van der Waals surface area contributed by atoms with Gasteiger partial charge in [-0.15, -0.1) is 0 Å². The van der Waals surface area contributed by atoms with Crippen molar-refractivity contribution in [3.05, 3.63) is 76.8 Å². The Balaban J connectivity index is 2.10. The van der Waals surface area contributed by atoms with Crippen LogP contribution in [0.4, 0.5) is 0 Å². The third kappa shape index (κ3) is 4.97. The molecule has 2 rings (SSSR count). The van der Waals surface area contributed by atoms with Crippen molar-refractivity contribution in [2.45, 2.75) is 6.10 Å². The van der Waals surface area contributed by atoms with Crippen LogP contribution in [0, 0.1) is 0 Å². The van der Waals surface area contributed by atoms with Crippen LogP contribution in [0.1, 0.15) is 17.2 Å². The molecule has 1 unspecified atom stereocenters.